The van der Waals surface area contributed by atoms with Crippen LogP contribution in [-0.4, -0.2) is 36.9 Å². The number of amides is 1. The van der Waals surface area contributed by atoms with Gasteiger partial charge in [-0.2, -0.15) is 0 Å². The van der Waals surface area contributed by atoms with Crippen molar-refractivity contribution in [3.05, 3.63) is 89.5 Å². The molecule has 32 heavy (non-hydrogen) atoms. The molecule has 0 radical (unpaired) electrons. The Labute approximate surface area is 186 Å². The molecule has 0 saturated heterocycles. The zero-order valence-corrected chi connectivity index (χ0v) is 17.8. The van der Waals surface area contributed by atoms with E-state index in [-0.39, 0.29) is 18.9 Å². The number of carbonyl (C=O) groups is 2. The van der Waals surface area contributed by atoms with Gasteiger partial charge in [-0.25, -0.2) is 9.59 Å². The maximum atomic E-state index is 12.4. The SMILES string of the molecule is COc1ccc(CCC(NC(=O)OCC2c3ccccc3-c3ccccc32)C(=O)O)cc1. The van der Waals surface area contributed by atoms with Crippen molar-refractivity contribution in [3.8, 4) is 16.9 Å². The average molecular weight is 431 g/mol. The molecule has 6 heteroatoms. The molecule has 0 heterocycles. The number of nitrogens with one attached hydrogen (secondary N) is 1. The molecule has 0 bridgehead atoms. The minimum absolute atomic E-state index is 0.0734. The van der Waals surface area contributed by atoms with Gasteiger partial charge in [-0.1, -0.05) is 60.7 Å². The molecule has 1 amide bonds. The molecule has 3 aromatic rings. The number of methoxy groups -OCH3 is 1. The highest BCUT2D eigenvalue weighted by molar-refractivity contribution is 5.81. The number of hydrogen-bond acceptors (Lipinski definition) is 4. The van der Waals surface area contributed by atoms with Gasteiger partial charge in [-0.05, 0) is 52.8 Å². The number of carboxylic acids is 1. The molecule has 1 atom stereocenters. The van der Waals surface area contributed by atoms with E-state index >= 15 is 0 Å². The Kier molecular flexibility index (Phi) is 6.40. The first kappa shape index (κ1) is 21.4. The summed E-state index contributed by atoms with van der Waals surface area (Å²) in [6.07, 6.45) is 0.0326. The number of rotatable bonds is 8. The lowest BCUT2D eigenvalue weighted by Gasteiger charge is -2.17. The van der Waals surface area contributed by atoms with E-state index in [0.717, 1.165) is 33.6 Å². The molecule has 0 aromatic heterocycles. The quantitative estimate of drug-likeness (QED) is 0.544. The molecular formula is C26H25NO5. The van der Waals surface area contributed by atoms with Crippen LogP contribution in [0, 0.1) is 0 Å². The fraction of sp³-hybridized carbons (Fsp3) is 0.231. The van der Waals surface area contributed by atoms with Crippen molar-refractivity contribution in [1.29, 1.82) is 0 Å². The largest absolute Gasteiger partial charge is 0.497 e. The van der Waals surface area contributed by atoms with Gasteiger partial charge >= 0.3 is 12.1 Å². The molecule has 0 aliphatic heterocycles. The van der Waals surface area contributed by atoms with E-state index in [1.54, 1.807) is 7.11 Å². The van der Waals surface area contributed by atoms with E-state index in [1.165, 1.54) is 0 Å². The molecule has 1 unspecified atom stereocenters. The normalized spacial score (nSPS) is 13.0. The minimum Gasteiger partial charge on any atom is -0.497 e. The topological polar surface area (TPSA) is 84.9 Å². The summed E-state index contributed by atoms with van der Waals surface area (Å²) in [5.41, 5.74) is 5.46. The summed E-state index contributed by atoms with van der Waals surface area (Å²) < 4.78 is 10.6. The van der Waals surface area contributed by atoms with E-state index in [4.69, 9.17) is 9.47 Å². The Morgan fingerprint density at radius 2 is 1.53 bits per heavy atom. The number of carbonyl (C=O) groups excluding carboxylic acids is 1. The van der Waals surface area contributed by atoms with Gasteiger partial charge in [0.05, 0.1) is 7.11 Å². The summed E-state index contributed by atoms with van der Waals surface area (Å²) in [6, 6.07) is 22.5. The highest BCUT2D eigenvalue weighted by Gasteiger charge is 2.29. The molecule has 0 saturated carbocycles. The van der Waals surface area contributed by atoms with Crippen LogP contribution in [0.1, 0.15) is 29.0 Å². The smallest absolute Gasteiger partial charge is 0.407 e. The molecule has 0 fully saturated rings. The van der Waals surface area contributed by atoms with Crippen LogP contribution < -0.4 is 10.1 Å². The highest BCUT2D eigenvalue weighted by atomic mass is 16.5. The Morgan fingerprint density at radius 3 is 2.09 bits per heavy atom. The first-order valence-electron chi connectivity index (χ1n) is 10.5. The zero-order chi connectivity index (χ0) is 22.5. The van der Waals surface area contributed by atoms with Crippen LogP contribution >= 0.6 is 0 Å². The summed E-state index contributed by atoms with van der Waals surface area (Å²) >= 11 is 0. The number of benzene rings is 3. The van der Waals surface area contributed by atoms with Crippen molar-refractivity contribution in [2.24, 2.45) is 0 Å². The fourth-order valence-corrected chi connectivity index (χ4v) is 4.14. The van der Waals surface area contributed by atoms with Gasteiger partial charge in [-0.15, -0.1) is 0 Å². The van der Waals surface area contributed by atoms with Crippen LogP contribution in [0.25, 0.3) is 11.1 Å². The Morgan fingerprint density at radius 1 is 0.938 bits per heavy atom. The minimum atomic E-state index is -1.09. The zero-order valence-electron chi connectivity index (χ0n) is 17.8. The van der Waals surface area contributed by atoms with Crippen molar-refractivity contribution in [2.75, 3.05) is 13.7 Å². The number of hydrogen-bond donors (Lipinski definition) is 2. The van der Waals surface area contributed by atoms with Gasteiger partial charge < -0.3 is 19.9 Å². The second kappa shape index (κ2) is 9.56. The summed E-state index contributed by atoms with van der Waals surface area (Å²) in [6.45, 7) is 0.144. The van der Waals surface area contributed by atoms with Gasteiger partial charge in [-0.3, -0.25) is 0 Å². The summed E-state index contributed by atoms with van der Waals surface area (Å²) in [4.78, 5) is 24.1. The van der Waals surface area contributed by atoms with Crippen LogP contribution in [0.15, 0.2) is 72.8 Å². The number of aryl methyl sites for hydroxylation is 1. The monoisotopic (exact) mass is 431 g/mol. The lowest BCUT2D eigenvalue weighted by molar-refractivity contribution is -0.139. The molecule has 1 aliphatic carbocycles. The van der Waals surface area contributed by atoms with Crippen LogP contribution in [0.3, 0.4) is 0 Å². The van der Waals surface area contributed by atoms with Gasteiger partial charge in [0, 0.05) is 5.92 Å². The van der Waals surface area contributed by atoms with Crippen molar-refractivity contribution >= 4 is 12.1 Å². The number of aliphatic carboxylic acids is 1. The predicted molar refractivity (Wildman–Crippen MR) is 121 cm³/mol. The summed E-state index contributed by atoms with van der Waals surface area (Å²) in [7, 11) is 1.59. The number of ether oxygens (including phenoxy) is 2. The molecule has 0 spiro atoms. The molecule has 3 aromatic carbocycles. The first-order valence-corrected chi connectivity index (χ1v) is 10.5. The summed E-state index contributed by atoms with van der Waals surface area (Å²) in [5.74, 6) is -0.428. The van der Waals surface area contributed by atoms with E-state index in [0.29, 0.717) is 6.42 Å². The van der Waals surface area contributed by atoms with Gasteiger partial charge in [0.25, 0.3) is 0 Å². The van der Waals surface area contributed by atoms with E-state index in [1.807, 2.05) is 60.7 Å². The Bertz CT molecular complexity index is 1060. The average Bonchev–Trinajstić information content (AvgIpc) is 3.14. The second-order valence-corrected chi connectivity index (χ2v) is 7.75. The van der Waals surface area contributed by atoms with Gasteiger partial charge in [0.2, 0.25) is 0 Å². The number of carboxylic acid groups (broad SMARTS) is 1. The number of fused-ring (bicyclic) bond motifs is 3. The van der Waals surface area contributed by atoms with Crippen molar-refractivity contribution in [2.45, 2.75) is 24.8 Å². The second-order valence-electron chi connectivity index (χ2n) is 7.75. The van der Waals surface area contributed by atoms with Crippen LogP contribution in [0.5, 0.6) is 5.75 Å². The lowest BCUT2D eigenvalue weighted by Crippen LogP contribution is -2.41. The van der Waals surface area contributed by atoms with Crippen LogP contribution in [0.2, 0.25) is 0 Å². The Balaban J connectivity index is 1.36. The third kappa shape index (κ3) is 4.59. The molecule has 1 aliphatic rings. The third-order valence-electron chi connectivity index (χ3n) is 5.81. The van der Waals surface area contributed by atoms with Crippen molar-refractivity contribution < 1.29 is 24.2 Å². The van der Waals surface area contributed by atoms with Crippen molar-refractivity contribution in [1.82, 2.24) is 5.32 Å². The fourth-order valence-electron chi connectivity index (χ4n) is 4.14. The van der Waals surface area contributed by atoms with Crippen LogP contribution in [-0.2, 0) is 16.0 Å². The molecular weight excluding hydrogens is 406 g/mol. The predicted octanol–water partition coefficient (Wildman–Crippen LogP) is 4.62. The maximum absolute atomic E-state index is 12.4. The third-order valence-corrected chi connectivity index (χ3v) is 5.81. The van der Waals surface area contributed by atoms with E-state index in [2.05, 4.69) is 17.4 Å². The maximum Gasteiger partial charge on any atom is 0.407 e. The molecule has 4 rings (SSSR count). The molecule has 6 nitrogen and oxygen atoms in total. The lowest BCUT2D eigenvalue weighted by atomic mass is 9.98. The van der Waals surface area contributed by atoms with Gasteiger partial charge in [0.15, 0.2) is 0 Å². The standard InChI is InChI=1S/C26H25NO5/c1-31-18-13-10-17(11-14-18)12-15-24(25(28)29)27-26(30)32-16-23-21-8-4-2-6-19(21)20-7-3-5-9-22(20)23/h2-11,13-14,23-24H,12,15-16H2,1H3,(H,27,30)(H,28,29). The Hall–Kier alpha value is -3.80. The summed E-state index contributed by atoms with van der Waals surface area (Å²) in [5, 5.41) is 12.0. The highest BCUT2D eigenvalue weighted by Crippen LogP contribution is 2.44. The van der Waals surface area contributed by atoms with E-state index < -0.39 is 18.1 Å². The van der Waals surface area contributed by atoms with Gasteiger partial charge in [0.1, 0.15) is 18.4 Å². The number of alkyl carbamates (subject to hydrolysis) is 1. The molecule has 164 valence electrons. The van der Waals surface area contributed by atoms with E-state index in [9.17, 15) is 14.7 Å². The van der Waals surface area contributed by atoms with Crippen molar-refractivity contribution in [3.63, 3.8) is 0 Å². The molecule has 2 N–H and O–H groups in total. The van der Waals surface area contributed by atoms with Crippen LogP contribution in [0.4, 0.5) is 4.79 Å². The first-order chi connectivity index (χ1) is 15.6.